The topological polar surface area (TPSA) is 26.3 Å². The van der Waals surface area contributed by atoms with E-state index < -0.39 is 0 Å². The smallest absolute Gasteiger partial charge is 0.313 e. The van der Waals surface area contributed by atoms with Crippen LogP contribution in [0.4, 0.5) is 0 Å². The lowest BCUT2D eigenvalue weighted by molar-refractivity contribution is -0.148. The van der Waals surface area contributed by atoms with Gasteiger partial charge in [-0.05, 0) is 25.2 Å². The summed E-state index contributed by atoms with van der Waals surface area (Å²) in [5.41, 5.74) is 1.51. The molecule has 1 saturated carbocycles. The van der Waals surface area contributed by atoms with E-state index in [0.29, 0.717) is 18.4 Å². The highest BCUT2D eigenvalue weighted by Crippen LogP contribution is 2.66. The van der Waals surface area contributed by atoms with Gasteiger partial charge in [-0.2, -0.15) is 0 Å². The quantitative estimate of drug-likeness (QED) is 0.417. The van der Waals surface area contributed by atoms with Crippen LogP contribution in [0.3, 0.4) is 0 Å². The summed E-state index contributed by atoms with van der Waals surface area (Å²) < 4.78 is 5.28. The Kier molecular flexibility index (Phi) is 1.17. The van der Waals surface area contributed by atoms with Crippen LogP contribution in [0.1, 0.15) is 20.3 Å². The molecule has 0 N–H and O–H groups in total. The SMILES string of the molecule is CC1=C[C@@H]2[C@@H]3C[C@H]1C(=O)OC[C@]23C. The highest BCUT2D eigenvalue weighted by Gasteiger charge is 2.64. The van der Waals surface area contributed by atoms with Crippen molar-refractivity contribution < 1.29 is 9.53 Å². The first-order valence-electron chi connectivity index (χ1n) is 4.98. The van der Waals surface area contributed by atoms with Crippen molar-refractivity contribution >= 4 is 5.97 Å². The zero-order chi connectivity index (χ0) is 9.22. The number of rotatable bonds is 0. The monoisotopic (exact) mass is 178 g/mol. The van der Waals surface area contributed by atoms with E-state index in [2.05, 4.69) is 19.9 Å². The third kappa shape index (κ3) is 0.767. The minimum absolute atomic E-state index is 0.000579. The zero-order valence-electron chi connectivity index (χ0n) is 8.04. The molecule has 0 radical (unpaired) electrons. The van der Waals surface area contributed by atoms with Crippen LogP contribution in [0.15, 0.2) is 11.6 Å². The van der Waals surface area contributed by atoms with Gasteiger partial charge in [0.05, 0.1) is 12.5 Å². The Labute approximate surface area is 78.0 Å². The third-order valence-corrected chi connectivity index (χ3v) is 4.22. The summed E-state index contributed by atoms with van der Waals surface area (Å²) in [6.45, 7) is 4.95. The molecule has 0 amide bonds. The van der Waals surface area contributed by atoms with Crippen molar-refractivity contribution in [1.29, 1.82) is 0 Å². The van der Waals surface area contributed by atoms with Crippen molar-refractivity contribution in [3.63, 3.8) is 0 Å². The Morgan fingerprint density at radius 2 is 2.38 bits per heavy atom. The van der Waals surface area contributed by atoms with E-state index in [1.807, 2.05) is 0 Å². The molecular weight excluding hydrogens is 164 g/mol. The van der Waals surface area contributed by atoms with Crippen LogP contribution < -0.4 is 0 Å². The molecule has 0 aromatic carbocycles. The predicted molar refractivity (Wildman–Crippen MR) is 47.9 cm³/mol. The number of cyclic esters (lactones) is 1. The first-order valence-corrected chi connectivity index (χ1v) is 4.98. The number of ether oxygens (including phenoxy) is 1. The van der Waals surface area contributed by atoms with Gasteiger partial charge < -0.3 is 4.74 Å². The molecule has 0 aromatic rings. The Morgan fingerprint density at radius 1 is 1.62 bits per heavy atom. The number of carbonyl (C=O) groups is 1. The number of hydrogen-bond acceptors (Lipinski definition) is 2. The number of hydrogen-bond donors (Lipinski definition) is 0. The summed E-state index contributed by atoms with van der Waals surface area (Å²) >= 11 is 0. The van der Waals surface area contributed by atoms with E-state index in [4.69, 9.17) is 4.74 Å². The average Bonchev–Trinajstić information content (AvgIpc) is 2.68. The molecule has 0 unspecified atom stereocenters. The number of allylic oxidation sites excluding steroid dienone is 1. The molecule has 2 nitrogen and oxygen atoms in total. The van der Waals surface area contributed by atoms with Crippen LogP contribution >= 0.6 is 0 Å². The highest BCUT2D eigenvalue weighted by atomic mass is 16.5. The summed E-state index contributed by atoms with van der Waals surface area (Å²) in [6, 6.07) is 0. The van der Waals surface area contributed by atoms with Gasteiger partial charge in [0.1, 0.15) is 0 Å². The van der Waals surface area contributed by atoms with Gasteiger partial charge >= 0.3 is 5.97 Å². The van der Waals surface area contributed by atoms with Crippen molar-refractivity contribution in [3.8, 4) is 0 Å². The Morgan fingerprint density at radius 3 is 3.15 bits per heavy atom. The lowest BCUT2D eigenvalue weighted by Gasteiger charge is -2.20. The molecule has 1 saturated heterocycles. The fraction of sp³-hybridized carbons (Fsp3) is 0.727. The van der Waals surface area contributed by atoms with Gasteiger partial charge in [-0.15, -0.1) is 0 Å². The van der Waals surface area contributed by atoms with E-state index in [1.54, 1.807) is 0 Å². The molecule has 1 heterocycles. The predicted octanol–water partition coefficient (Wildman–Crippen LogP) is 1.76. The minimum Gasteiger partial charge on any atom is -0.465 e. The molecule has 2 fully saturated rings. The third-order valence-electron chi connectivity index (χ3n) is 4.22. The average molecular weight is 178 g/mol. The standard InChI is InChI=1S/C11H14O2/c1-6-3-8-9-4-7(6)10(12)13-5-11(8,9)2/h3,7-9H,4-5H2,1-2H3/t7-,8-,9+,11-/m1/s1. The van der Waals surface area contributed by atoms with E-state index in [0.717, 1.165) is 6.42 Å². The van der Waals surface area contributed by atoms with Crippen molar-refractivity contribution in [3.05, 3.63) is 11.6 Å². The maximum absolute atomic E-state index is 11.5. The molecule has 13 heavy (non-hydrogen) atoms. The fourth-order valence-electron chi connectivity index (χ4n) is 3.07. The van der Waals surface area contributed by atoms with E-state index in [-0.39, 0.29) is 17.3 Å². The normalized spacial score (nSPS) is 52.0. The fourth-order valence-corrected chi connectivity index (χ4v) is 3.07. The Balaban J connectivity index is 2.07. The molecule has 70 valence electrons. The molecule has 0 aromatic heterocycles. The van der Waals surface area contributed by atoms with Gasteiger partial charge in [0.2, 0.25) is 0 Å². The van der Waals surface area contributed by atoms with E-state index >= 15 is 0 Å². The van der Waals surface area contributed by atoms with Crippen molar-refractivity contribution in [2.45, 2.75) is 20.3 Å². The molecular formula is C11H14O2. The van der Waals surface area contributed by atoms with E-state index in [1.165, 1.54) is 5.57 Å². The summed E-state index contributed by atoms with van der Waals surface area (Å²) in [6.07, 6.45) is 3.33. The number of carbonyl (C=O) groups excluding carboxylic acids is 1. The molecule has 3 aliphatic rings. The lowest BCUT2D eigenvalue weighted by Crippen LogP contribution is -2.22. The van der Waals surface area contributed by atoms with Crippen LogP contribution in [0, 0.1) is 23.2 Å². The molecule has 4 atom stereocenters. The first kappa shape index (κ1) is 7.60. The molecule has 2 aliphatic carbocycles. The summed E-state index contributed by atoms with van der Waals surface area (Å²) in [4.78, 5) is 11.5. The summed E-state index contributed by atoms with van der Waals surface area (Å²) in [7, 11) is 0. The molecule has 2 bridgehead atoms. The minimum atomic E-state index is 0.000579. The summed E-state index contributed by atoms with van der Waals surface area (Å²) in [5.74, 6) is 1.48. The van der Waals surface area contributed by atoms with E-state index in [9.17, 15) is 4.79 Å². The number of fused-ring (bicyclic) bond motifs is 2. The molecule has 1 aliphatic heterocycles. The van der Waals surface area contributed by atoms with Gasteiger partial charge in [0.25, 0.3) is 0 Å². The van der Waals surface area contributed by atoms with Crippen LogP contribution in [-0.4, -0.2) is 12.6 Å². The Hall–Kier alpha value is -0.790. The van der Waals surface area contributed by atoms with Crippen molar-refractivity contribution in [2.75, 3.05) is 6.61 Å². The van der Waals surface area contributed by atoms with Crippen molar-refractivity contribution in [2.24, 2.45) is 23.2 Å². The molecule has 3 rings (SSSR count). The van der Waals surface area contributed by atoms with Gasteiger partial charge in [0.15, 0.2) is 0 Å². The highest BCUT2D eigenvalue weighted by molar-refractivity contribution is 5.77. The zero-order valence-corrected chi connectivity index (χ0v) is 8.04. The van der Waals surface area contributed by atoms with Gasteiger partial charge in [0, 0.05) is 5.41 Å². The molecule has 2 heteroatoms. The maximum Gasteiger partial charge on any atom is 0.313 e. The van der Waals surface area contributed by atoms with Crippen LogP contribution in [-0.2, 0) is 9.53 Å². The first-order chi connectivity index (χ1) is 6.13. The van der Waals surface area contributed by atoms with Crippen LogP contribution in [0.5, 0.6) is 0 Å². The van der Waals surface area contributed by atoms with Crippen LogP contribution in [0.25, 0.3) is 0 Å². The summed E-state index contributed by atoms with van der Waals surface area (Å²) in [5, 5.41) is 0. The molecule has 0 spiro atoms. The largest absolute Gasteiger partial charge is 0.465 e. The van der Waals surface area contributed by atoms with Crippen LogP contribution in [0.2, 0.25) is 0 Å². The Bertz CT molecular complexity index is 318. The van der Waals surface area contributed by atoms with Gasteiger partial charge in [-0.1, -0.05) is 18.6 Å². The second kappa shape index (κ2) is 1.99. The maximum atomic E-state index is 11.5. The van der Waals surface area contributed by atoms with Gasteiger partial charge in [-0.3, -0.25) is 4.79 Å². The second-order valence-electron chi connectivity index (χ2n) is 4.94. The second-order valence-corrected chi connectivity index (χ2v) is 4.94. The van der Waals surface area contributed by atoms with Crippen molar-refractivity contribution in [1.82, 2.24) is 0 Å². The number of esters is 1. The lowest BCUT2D eigenvalue weighted by atomic mass is 9.89. The van der Waals surface area contributed by atoms with Gasteiger partial charge in [-0.25, -0.2) is 0 Å².